The molecule has 0 aliphatic rings. The molecule has 0 amide bonds. The van der Waals surface area contributed by atoms with Gasteiger partial charge in [-0.15, -0.1) is 0 Å². The third-order valence-electron chi connectivity index (χ3n) is 4.85. The third kappa shape index (κ3) is 5.77. The van der Waals surface area contributed by atoms with Crippen LogP contribution in [0.4, 0.5) is 8.78 Å². The SMILES string of the molecule is CCCN(C)S(=O)(=O)c1ccc(Cc2ccc3oc(=O)cc(C(C)F)c3c2)cc1.CF. The summed E-state index contributed by atoms with van der Waals surface area (Å²) in [5.41, 5.74) is 1.91. The van der Waals surface area contributed by atoms with Gasteiger partial charge in [-0.1, -0.05) is 25.1 Å². The van der Waals surface area contributed by atoms with Gasteiger partial charge in [-0.2, -0.15) is 0 Å². The number of rotatable bonds is 7. The molecule has 3 rings (SSSR count). The number of hydrogen-bond donors (Lipinski definition) is 0. The summed E-state index contributed by atoms with van der Waals surface area (Å²) >= 11 is 0. The molecule has 3 aromatic rings. The molecular formula is C23H27F2NO4S. The topological polar surface area (TPSA) is 67.6 Å². The lowest BCUT2D eigenvalue weighted by Gasteiger charge is -2.16. The maximum atomic E-state index is 13.9. The Morgan fingerprint density at radius 1 is 1.03 bits per heavy atom. The zero-order chi connectivity index (χ0) is 23.2. The smallest absolute Gasteiger partial charge is 0.336 e. The van der Waals surface area contributed by atoms with Crippen molar-refractivity contribution >= 4 is 21.0 Å². The van der Waals surface area contributed by atoms with Crippen molar-refractivity contribution in [1.29, 1.82) is 0 Å². The summed E-state index contributed by atoms with van der Waals surface area (Å²) in [5.74, 6) is 0. The molecule has 0 saturated carbocycles. The van der Waals surface area contributed by atoms with Gasteiger partial charge in [0.1, 0.15) is 11.8 Å². The van der Waals surface area contributed by atoms with Gasteiger partial charge in [-0.25, -0.2) is 21.9 Å². The maximum Gasteiger partial charge on any atom is 0.336 e. The van der Waals surface area contributed by atoms with Crippen LogP contribution >= 0.6 is 0 Å². The Labute approximate surface area is 181 Å². The van der Waals surface area contributed by atoms with Crippen molar-refractivity contribution in [2.75, 3.05) is 20.8 Å². The molecule has 31 heavy (non-hydrogen) atoms. The van der Waals surface area contributed by atoms with Gasteiger partial charge in [0.2, 0.25) is 10.0 Å². The first-order valence-electron chi connectivity index (χ1n) is 9.86. The molecule has 2 aromatic carbocycles. The Morgan fingerprint density at radius 2 is 1.65 bits per heavy atom. The Balaban J connectivity index is 0.00000166. The number of halogens is 2. The molecule has 5 nitrogen and oxygen atoms in total. The van der Waals surface area contributed by atoms with Crippen LogP contribution in [0.1, 0.15) is 43.1 Å². The van der Waals surface area contributed by atoms with Crippen LogP contribution in [-0.4, -0.2) is 33.5 Å². The fourth-order valence-electron chi connectivity index (χ4n) is 3.30. The lowest BCUT2D eigenvalue weighted by atomic mass is 10.00. The van der Waals surface area contributed by atoms with E-state index < -0.39 is 21.8 Å². The molecule has 0 saturated heterocycles. The molecule has 0 N–H and O–H groups in total. The highest BCUT2D eigenvalue weighted by Gasteiger charge is 2.19. The summed E-state index contributed by atoms with van der Waals surface area (Å²) in [6.07, 6.45) is -0.00294. The molecule has 0 aliphatic carbocycles. The van der Waals surface area contributed by atoms with Gasteiger partial charge >= 0.3 is 5.63 Å². The minimum absolute atomic E-state index is 0.256. The van der Waals surface area contributed by atoms with Gasteiger partial charge in [0.25, 0.3) is 0 Å². The molecule has 0 radical (unpaired) electrons. The van der Waals surface area contributed by atoms with Gasteiger partial charge < -0.3 is 4.42 Å². The van der Waals surface area contributed by atoms with E-state index in [0.29, 0.717) is 36.7 Å². The average molecular weight is 452 g/mol. The molecule has 8 heteroatoms. The normalized spacial score (nSPS) is 12.5. The third-order valence-corrected chi connectivity index (χ3v) is 6.72. The van der Waals surface area contributed by atoms with Crippen LogP contribution in [-0.2, 0) is 16.4 Å². The molecular weight excluding hydrogens is 424 g/mol. The second-order valence-corrected chi connectivity index (χ2v) is 9.16. The number of hydrogen-bond acceptors (Lipinski definition) is 4. The first-order valence-corrected chi connectivity index (χ1v) is 11.3. The minimum Gasteiger partial charge on any atom is -0.423 e. The van der Waals surface area contributed by atoms with E-state index in [2.05, 4.69) is 0 Å². The predicted molar refractivity (Wildman–Crippen MR) is 118 cm³/mol. The summed E-state index contributed by atoms with van der Waals surface area (Å²) in [6, 6.07) is 13.2. The quantitative estimate of drug-likeness (QED) is 0.473. The zero-order valence-electron chi connectivity index (χ0n) is 18.1. The molecule has 1 heterocycles. The minimum atomic E-state index is -3.49. The van der Waals surface area contributed by atoms with E-state index in [1.54, 1.807) is 37.4 Å². The molecule has 1 aromatic heterocycles. The Bertz CT molecular complexity index is 1170. The first-order chi connectivity index (χ1) is 14.7. The van der Waals surface area contributed by atoms with Crippen molar-refractivity contribution in [3.05, 3.63) is 75.6 Å². The standard InChI is InChI=1S/C22H24FNO4S.CH3F/c1-4-11-24(3)29(26,27)18-8-5-16(6-9-18)12-17-7-10-21-20(13-17)19(15(2)23)14-22(25)28-21;1-2/h5-10,13-15H,4,11-12H2,1-3H3;1H3. The van der Waals surface area contributed by atoms with Crippen LogP contribution in [0.25, 0.3) is 11.0 Å². The van der Waals surface area contributed by atoms with Gasteiger partial charge in [-0.05, 0) is 55.2 Å². The van der Waals surface area contributed by atoms with E-state index in [1.807, 2.05) is 19.1 Å². The van der Waals surface area contributed by atoms with E-state index >= 15 is 0 Å². The number of benzene rings is 2. The highest BCUT2D eigenvalue weighted by atomic mass is 32.2. The monoisotopic (exact) mass is 451 g/mol. The Morgan fingerprint density at radius 3 is 2.23 bits per heavy atom. The fraction of sp³-hybridized carbons (Fsp3) is 0.348. The van der Waals surface area contributed by atoms with Crippen LogP contribution in [0.15, 0.2) is 62.6 Å². The molecule has 168 valence electrons. The van der Waals surface area contributed by atoms with Gasteiger partial charge in [0.05, 0.1) is 12.1 Å². The van der Waals surface area contributed by atoms with Crippen LogP contribution in [0.5, 0.6) is 0 Å². The molecule has 0 spiro atoms. The van der Waals surface area contributed by atoms with Gasteiger partial charge in [0.15, 0.2) is 0 Å². The molecule has 0 bridgehead atoms. The Kier molecular flexibility index (Phi) is 8.47. The van der Waals surface area contributed by atoms with Crippen LogP contribution in [0.2, 0.25) is 0 Å². The number of sulfonamides is 1. The predicted octanol–water partition coefficient (Wildman–Crippen LogP) is 5.03. The van der Waals surface area contributed by atoms with Crippen molar-refractivity contribution in [3.8, 4) is 0 Å². The van der Waals surface area contributed by atoms with E-state index in [4.69, 9.17) is 4.42 Å². The summed E-state index contributed by atoms with van der Waals surface area (Å²) < 4.78 is 55.0. The summed E-state index contributed by atoms with van der Waals surface area (Å²) in [5, 5.41) is 0.567. The molecule has 0 fully saturated rings. The number of alkyl halides is 2. The van der Waals surface area contributed by atoms with Crippen molar-refractivity contribution in [2.24, 2.45) is 0 Å². The van der Waals surface area contributed by atoms with E-state index in [1.165, 1.54) is 17.3 Å². The fourth-order valence-corrected chi connectivity index (χ4v) is 4.57. The van der Waals surface area contributed by atoms with Crippen molar-refractivity contribution < 1.29 is 21.6 Å². The van der Waals surface area contributed by atoms with Crippen LogP contribution < -0.4 is 5.63 Å². The van der Waals surface area contributed by atoms with Gasteiger partial charge in [0, 0.05) is 30.6 Å². The van der Waals surface area contributed by atoms with E-state index in [-0.39, 0.29) is 4.90 Å². The van der Waals surface area contributed by atoms with E-state index in [0.717, 1.165) is 17.5 Å². The van der Waals surface area contributed by atoms with Crippen LogP contribution in [0, 0.1) is 0 Å². The second-order valence-electron chi connectivity index (χ2n) is 7.11. The van der Waals surface area contributed by atoms with Crippen molar-refractivity contribution in [3.63, 3.8) is 0 Å². The maximum absolute atomic E-state index is 13.9. The van der Waals surface area contributed by atoms with Crippen molar-refractivity contribution in [2.45, 2.75) is 37.8 Å². The number of fused-ring (bicyclic) bond motifs is 1. The summed E-state index contributed by atoms with van der Waals surface area (Å²) in [6.45, 7) is 3.78. The van der Waals surface area contributed by atoms with Crippen LogP contribution in [0.3, 0.4) is 0 Å². The number of nitrogens with zero attached hydrogens (tertiary/aromatic N) is 1. The van der Waals surface area contributed by atoms with Crippen molar-refractivity contribution in [1.82, 2.24) is 4.31 Å². The zero-order valence-corrected chi connectivity index (χ0v) is 18.9. The highest BCUT2D eigenvalue weighted by Crippen LogP contribution is 2.27. The lowest BCUT2D eigenvalue weighted by Crippen LogP contribution is -2.27. The largest absolute Gasteiger partial charge is 0.423 e. The van der Waals surface area contributed by atoms with E-state index in [9.17, 15) is 22.0 Å². The summed E-state index contributed by atoms with van der Waals surface area (Å²) in [7, 11) is -1.42. The highest BCUT2D eigenvalue weighted by molar-refractivity contribution is 7.89. The second kappa shape index (κ2) is 10.6. The molecule has 0 aliphatic heterocycles. The molecule has 1 atom stereocenters. The van der Waals surface area contributed by atoms with Gasteiger partial charge in [-0.3, -0.25) is 4.39 Å². The Hall–Kier alpha value is -2.58. The molecule has 1 unspecified atom stereocenters. The average Bonchev–Trinajstić information content (AvgIpc) is 2.75. The first kappa shape index (κ1) is 24.7. The summed E-state index contributed by atoms with van der Waals surface area (Å²) in [4.78, 5) is 11.9. The lowest BCUT2D eigenvalue weighted by molar-refractivity contribution is 0.374.